The van der Waals surface area contributed by atoms with Crippen LogP contribution in [0.2, 0.25) is 5.02 Å². The Morgan fingerprint density at radius 3 is 2.34 bits per heavy atom. The van der Waals surface area contributed by atoms with Gasteiger partial charge in [-0.25, -0.2) is 9.97 Å². The van der Waals surface area contributed by atoms with E-state index in [1.54, 1.807) is 11.3 Å². The summed E-state index contributed by atoms with van der Waals surface area (Å²) in [5, 5.41) is 13.1. The first-order valence-corrected chi connectivity index (χ1v) is 11.3. The van der Waals surface area contributed by atoms with E-state index in [1.807, 2.05) is 72.8 Å². The third kappa shape index (κ3) is 2.95. The molecule has 6 rings (SSSR count). The lowest BCUT2D eigenvalue weighted by Crippen LogP contribution is -1.95. The van der Waals surface area contributed by atoms with Crippen LogP contribution in [-0.2, 0) is 0 Å². The maximum atomic E-state index is 9.17. The van der Waals surface area contributed by atoms with Crippen molar-refractivity contribution in [1.29, 1.82) is 5.26 Å². The average Bonchev–Trinajstić information content (AvgIpc) is 3.24. The summed E-state index contributed by atoms with van der Waals surface area (Å²) >= 11 is 8.27. The number of fused-ring (bicyclic) bond motifs is 4. The van der Waals surface area contributed by atoms with Crippen molar-refractivity contribution in [3.63, 3.8) is 0 Å². The lowest BCUT2D eigenvalue weighted by atomic mass is 10.0. The molecule has 0 atom stereocenters. The van der Waals surface area contributed by atoms with Crippen LogP contribution in [0, 0.1) is 11.3 Å². The summed E-state index contributed by atoms with van der Waals surface area (Å²) in [5.74, 6) is 0.660. The number of hydrogen-bond donors (Lipinski definition) is 0. The third-order valence-corrected chi connectivity index (χ3v) is 7.24. The highest BCUT2D eigenvalue weighted by Gasteiger charge is 2.17. The predicted molar refractivity (Wildman–Crippen MR) is 133 cm³/mol. The molecule has 0 spiro atoms. The Kier molecular flexibility index (Phi) is 4.39. The van der Waals surface area contributed by atoms with E-state index in [-0.39, 0.29) is 0 Å². The molecule has 6 aromatic rings. The molecular formula is C27H14ClN3S. The van der Waals surface area contributed by atoms with Gasteiger partial charge in [0.25, 0.3) is 0 Å². The van der Waals surface area contributed by atoms with Gasteiger partial charge in [0.1, 0.15) is 0 Å². The maximum Gasteiger partial charge on any atom is 0.161 e. The molecule has 0 N–H and O–H groups in total. The molecule has 5 heteroatoms. The van der Waals surface area contributed by atoms with Crippen molar-refractivity contribution in [3.05, 3.63) is 95.5 Å². The predicted octanol–water partition coefficient (Wildman–Crippen LogP) is 7.86. The number of nitriles is 1. The number of thiophene rings is 1. The molecule has 0 aliphatic rings. The van der Waals surface area contributed by atoms with Gasteiger partial charge >= 0.3 is 0 Å². The first kappa shape index (κ1) is 18.9. The second-order valence-corrected chi connectivity index (χ2v) is 8.96. The minimum atomic E-state index is 0.622. The van der Waals surface area contributed by atoms with Crippen molar-refractivity contribution < 1.29 is 0 Å². The van der Waals surface area contributed by atoms with E-state index < -0.39 is 0 Å². The first-order chi connectivity index (χ1) is 15.7. The Labute approximate surface area is 193 Å². The monoisotopic (exact) mass is 447 g/mol. The molecule has 2 aromatic heterocycles. The van der Waals surface area contributed by atoms with E-state index >= 15 is 0 Å². The Morgan fingerprint density at radius 2 is 1.53 bits per heavy atom. The molecule has 0 saturated heterocycles. The Hall–Kier alpha value is -3.78. The van der Waals surface area contributed by atoms with Crippen molar-refractivity contribution in [3.8, 4) is 28.7 Å². The van der Waals surface area contributed by atoms with Gasteiger partial charge < -0.3 is 0 Å². The van der Waals surface area contributed by atoms with Crippen molar-refractivity contribution in [2.45, 2.75) is 0 Å². The van der Waals surface area contributed by atoms with Crippen LogP contribution in [0.5, 0.6) is 0 Å². The molecule has 4 aromatic carbocycles. The molecule has 0 fully saturated rings. The Balaban J connectivity index is 1.68. The summed E-state index contributed by atoms with van der Waals surface area (Å²) in [6.45, 7) is 0. The molecule has 0 aliphatic carbocycles. The van der Waals surface area contributed by atoms with Crippen molar-refractivity contribution in [2.24, 2.45) is 0 Å². The normalized spacial score (nSPS) is 11.2. The quantitative estimate of drug-likeness (QED) is 0.271. The molecule has 0 saturated carbocycles. The SMILES string of the molecule is N#Cc1ccc(-c2nc(-c3ccc(Cl)c4sc5ccccc5c34)nc3ccccc23)cc1. The summed E-state index contributed by atoms with van der Waals surface area (Å²) in [6.07, 6.45) is 0. The zero-order valence-corrected chi connectivity index (χ0v) is 18.3. The maximum absolute atomic E-state index is 9.17. The highest BCUT2D eigenvalue weighted by molar-refractivity contribution is 7.26. The molecule has 0 bridgehead atoms. The molecule has 0 aliphatic heterocycles. The zero-order valence-electron chi connectivity index (χ0n) is 16.7. The summed E-state index contributed by atoms with van der Waals surface area (Å²) in [5.41, 5.74) is 4.25. The second kappa shape index (κ2) is 7.42. The lowest BCUT2D eigenvalue weighted by molar-refractivity contribution is 1.23. The fourth-order valence-electron chi connectivity index (χ4n) is 4.10. The Morgan fingerprint density at radius 1 is 0.781 bits per heavy atom. The van der Waals surface area contributed by atoms with Gasteiger partial charge in [-0.15, -0.1) is 11.3 Å². The van der Waals surface area contributed by atoms with Crippen LogP contribution in [0.4, 0.5) is 0 Å². The minimum Gasteiger partial charge on any atom is -0.228 e. The number of halogens is 1. The molecule has 0 unspecified atom stereocenters. The van der Waals surface area contributed by atoms with Crippen LogP contribution in [0.1, 0.15) is 5.56 Å². The van der Waals surface area contributed by atoms with Crippen molar-refractivity contribution >= 4 is 54.0 Å². The average molecular weight is 448 g/mol. The fraction of sp³-hybridized carbons (Fsp3) is 0. The molecule has 3 nitrogen and oxygen atoms in total. The zero-order chi connectivity index (χ0) is 21.7. The molecule has 2 heterocycles. The van der Waals surface area contributed by atoms with E-state index in [2.05, 4.69) is 18.2 Å². The summed E-state index contributed by atoms with van der Waals surface area (Å²) in [6, 6.07) is 30.0. The van der Waals surface area contributed by atoms with Gasteiger partial charge in [0, 0.05) is 32.0 Å². The molecule has 0 radical (unpaired) electrons. The van der Waals surface area contributed by atoms with Gasteiger partial charge in [0.15, 0.2) is 5.82 Å². The molecule has 150 valence electrons. The van der Waals surface area contributed by atoms with E-state index in [4.69, 9.17) is 26.8 Å². The third-order valence-electron chi connectivity index (χ3n) is 5.61. The number of nitrogens with zero attached hydrogens (tertiary/aromatic N) is 3. The molecular weight excluding hydrogens is 434 g/mol. The van der Waals surface area contributed by atoms with Crippen molar-refractivity contribution in [2.75, 3.05) is 0 Å². The fourth-order valence-corrected chi connectivity index (χ4v) is 5.51. The van der Waals surface area contributed by atoms with E-state index in [0.717, 1.165) is 48.2 Å². The number of benzene rings is 4. The van der Waals surface area contributed by atoms with Gasteiger partial charge in [-0.05, 0) is 36.4 Å². The van der Waals surface area contributed by atoms with Crippen LogP contribution >= 0.6 is 22.9 Å². The van der Waals surface area contributed by atoms with Crippen LogP contribution in [0.25, 0.3) is 53.7 Å². The topological polar surface area (TPSA) is 49.6 Å². The van der Waals surface area contributed by atoms with Gasteiger partial charge in [0.05, 0.1) is 32.6 Å². The van der Waals surface area contributed by atoms with Gasteiger partial charge in [-0.1, -0.05) is 60.1 Å². The number of rotatable bonds is 2. The van der Waals surface area contributed by atoms with E-state index in [0.29, 0.717) is 11.4 Å². The lowest BCUT2D eigenvalue weighted by Gasteiger charge is -2.11. The van der Waals surface area contributed by atoms with E-state index in [9.17, 15) is 0 Å². The second-order valence-electron chi connectivity index (χ2n) is 7.50. The van der Waals surface area contributed by atoms with Crippen LogP contribution in [0.3, 0.4) is 0 Å². The standard InChI is InChI=1S/C27H14ClN3S/c28-21-14-13-20(24-19-6-2-4-8-23(19)32-26(21)24)27-30-22-7-3-1-5-18(22)25(31-27)17-11-9-16(15-29)10-12-17/h1-14H. The van der Waals surface area contributed by atoms with Gasteiger partial charge in [-0.2, -0.15) is 5.26 Å². The van der Waals surface area contributed by atoms with Crippen LogP contribution in [0.15, 0.2) is 84.9 Å². The largest absolute Gasteiger partial charge is 0.228 e. The molecule has 0 amide bonds. The molecule has 32 heavy (non-hydrogen) atoms. The van der Waals surface area contributed by atoms with Crippen molar-refractivity contribution in [1.82, 2.24) is 9.97 Å². The first-order valence-electron chi connectivity index (χ1n) is 10.1. The highest BCUT2D eigenvalue weighted by Crippen LogP contribution is 2.43. The van der Waals surface area contributed by atoms with Gasteiger partial charge in [0.2, 0.25) is 0 Å². The number of aromatic nitrogens is 2. The number of para-hydroxylation sites is 1. The summed E-state index contributed by atoms with van der Waals surface area (Å²) in [7, 11) is 0. The van der Waals surface area contributed by atoms with Crippen LogP contribution in [-0.4, -0.2) is 9.97 Å². The number of hydrogen-bond acceptors (Lipinski definition) is 4. The van der Waals surface area contributed by atoms with E-state index in [1.165, 1.54) is 4.70 Å². The summed E-state index contributed by atoms with van der Waals surface area (Å²) in [4.78, 5) is 9.96. The smallest absolute Gasteiger partial charge is 0.161 e. The summed E-state index contributed by atoms with van der Waals surface area (Å²) < 4.78 is 2.23. The Bertz CT molecular complexity index is 1690. The van der Waals surface area contributed by atoms with Gasteiger partial charge in [-0.3, -0.25) is 0 Å². The minimum absolute atomic E-state index is 0.622. The van der Waals surface area contributed by atoms with Crippen LogP contribution < -0.4 is 0 Å². The highest BCUT2D eigenvalue weighted by atomic mass is 35.5.